The van der Waals surface area contributed by atoms with Gasteiger partial charge in [0.15, 0.2) is 0 Å². The zero-order valence-electron chi connectivity index (χ0n) is 11.1. The summed E-state index contributed by atoms with van der Waals surface area (Å²) >= 11 is 0. The fourth-order valence-corrected chi connectivity index (χ4v) is 2.04. The molecule has 0 radical (unpaired) electrons. The molecule has 0 amide bonds. The van der Waals surface area contributed by atoms with Crippen molar-refractivity contribution in [1.82, 2.24) is 15.4 Å². The Bertz CT molecular complexity index is 618. The highest BCUT2D eigenvalue weighted by Gasteiger charge is 2.36. The van der Waals surface area contributed by atoms with Crippen molar-refractivity contribution in [3.63, 3.8) is 0 Å². The first-order chi connectivity index (χ1) is 9.99. The van der Waals surface area contributed by atoms with Crippen LogP contribution in [0, 0.1) is 0 Å². The Morgan fingerprint density at radius 2 is 1.81 bits per heavy atom. The number of rotatable bonds is 4. The van der Waals surface area contributed by atoms with Gasteiger partial charge >= 0.3 is 6.18 Å². The number of alkyl halides is 3. The van der Waals surface area contributed by atoms with E-state index < -0.39 is 17.8 Å². The quantitative estimate of drug-likeness (QED) is 0.667. The number of methoxy groups -OCH3 is 1. The predicted molar refractivity (Wildman–Crippen MR) is 69.2 cm³/mol. The van der Waals surface area contributed by atoms with Crippen LogP contribution in [0.25, 0.3) is 0 Å². The summed E-state index contributed by atoms with van der Waals surface area (Å²) in [5.41, 5.74) is 1.92. The van der Waals surface area contributed by atoms with Crippen LogP contribution in [0.3, 0.4) is 0 Å². The molecule has 8 heteroatoms. The van der Waals surface area contributed by atoms with Crippen molar-refractivity contribution in [3.8, 4) is 5.75 Å². The average molecular weight is 298 g/mol. The summed E-state index contributed by atoms with van der Waals surface area (Å²) in [5.74, 6) is 5.78. The van der Waals surface area contributed by atoms with E-state index in [0.717, 1.165) is 18.5 Å². The van der Waals surface area contributed by atoms with Crippen LogP contribution in [0.1, 0.15) is 22.7 Å². The van der Waals surface area contributed by atoms with Crippen molar-refractivity contribution in [1.29, 1.82) is 0 Å². The zero-order chi connectivity index (χ0) is 15.5. The average Bonchev–Trinajstić information content (AvgIpc) is 2.48. The van der Waals surface area contributed by atoms with Gasteiger partial charge in [-0.15, -0.1) is 0 Å². The number of aromatic nitrogens is 2. The van der Waals surface area contributed by atoms with Gasteiger partial charge in [0.05, 0.1) is 24.9 Å². The molecule has 2 rings (SSSR count). The number of hydrogen-bond donors (Lipinski definition) is 2. The number of pyridine rings is 2. The molecule has 0 saturated carbocycles. The van der Waals surface area contributed by atoms with E-state index in [1.807, 2.05) is 0 Å². The highest BCUT2D eigenvalue weighted by molar-refractivity contribution is 5.42. The number of hydrogen-bond acceptors (Lipinski definition) is 5. The van der Waals surface area contributed by atoms with Crippen LogP contribution in [0.4, 0.5) is 13.2 Å². The largest absolute Gasteiger partial charge is 0.495 e. The van der Waals surface area contributed by atoms with Gasteiger partial charge in [-0.1, -0.05) is 0 Å². The molecule has 0 aliphatic heterocycles. The SMILES string of the molecule is COc1cnccc1C(NN)c1cnccc1C(F)(F)F. The van der Waals surface area contributed by atoms with E-state index >= 15 is 0 Å². The Labute approximate surface area is 118 Å². The van der Waals surface area contributed by atoms with E-state index in [0.29, 0.717) is 11.3 Å². The second-order valence-electron chi connectivity index (χ2n) is 4.18. The summed E-state index contributed by atoms with van der Waals surface area (Å²) in [6.45, 7) is 0. The van der Waals surface area contributed by atoms with Crippen molar-refractivity contribution in [2.24, 2.45) is 5.84 Å². The first-order valence-electron chi connectivity index (χ1n) is 5.94. The Morgan fingerprint density at radius 1 is 1.14 bits per heavy atom. The Kier molecular flexibility index (Phi) is 4.39. The molecule has 21 heavy (non-hydrogen) atoms. The maximum atomic E-state index is 13.1. The molecule has 5 nitrogen and oxygen atoms in total. The van der Waals surface area contributed by atoms with E-state index in [9.17, 15) is 13.2 Å². The lowest BCUT2D eigenvalue weighted by atomic mass is 9.96. The minimum absolute atomic E-state index is 0.0861. The molecule has 0 saturated heterocycles. The minimum atomic E-state index is -4.51. The van der Waals surface area contributed by atoms with Crippen molar-refractivity contribution < 1.29 is 17.9 Å². The second kappa shape index (κ2) is 6.06. The van der Waals surface area contributed by atoms with Crippen LogP contribution in [0.5, 0.6) is 5.75 Å². The topological polar surface area (TPSA) is 73.1 Å². The van der Waals surface area contributed by atoms with Crippen LogP contribution in [0.15, 0.2) is 36.9 Å². The van der Waals surface area contributed by atoms with E-state index in [2.05, 4.69) is 15.4 Å². The van der Waals surface area contributed by atoms with Gasteiger partial charge in [-0.25, -0.2) is 5.43 Å². The smallest absolute Gasteiger partial charge is 0.416 e. The number of halogens is 3. The summed E-state index contributed by atoms with van der Waals surface area (Å²) in [4.78, 5) is 7.62. The maximum Gasteiger partial charge on any atom is 0.416 e. The Balaban J connectivity index is 2.58. The Hall–Kier alpha value is -2.19. The summed E-state index contributed by atoms with van der Waals surface area (Å²) in [5, 5.41) is 0. The monoisotopic (exact) mass is 298 g/mol. The molecule has 0 fully saturated rings. The third-order valence-electron chi connectivity index (χ3n) is 2.98. The molecule has 0 aliphatic rings. The van der Waals surface area contributed by atoms with Crippen molar-refractivity contribution >= 4 is 0 Å². The first-order valence-corrected chi connectivity index (χ1v) is 5.94. The molecule has 112 valence electrons. The summed E-state index contributed by atoms with van der Waals surface area (Å²) in [7, 11) is 1.40. The summed E-state index contributed by atoms with van der Waals surface area (Å²) in [6.07, 6.45) is 0.569. The third kappa shape index (κ3) is 3.11. The molecule has 0 bridgehead atoms. The number of nitrogens with zero attached hydrogens (tertiary/aromatic N) is 2. The van der Waals surface area contributed by atoms with Gasteiger partial charge in [0.25, 0.3) is 0 Å². The van der Waals surface area contributed by atoms with Crippen LogP contribution < -0.4 is 16.0 Å². The van der Waals surface area contributed by atoms with E-state index in [4.69, 9.17) is 10.6 Å². The van der Waals surface area contributed by atoms with Crippen LogP contribution >= 0.6 is 0 Å². The number of nitrogens with one attached hydrogen (secondary N) is 1. The molecule has 1 unspecified atom stereocenters. The van der Waals surface area contributed by atoms with Crippen molar-refractivity contribution in [3.05, 3.63) is 53.6 Å². The maximum absolute atomic E-state index is 13.1. The van der Waals surface area contributed by atoms with Crippen LogP contribution in [0.2, 0.25) is 0 Å². The van der Waals surface area contributed by atoms with Gasteiger partial charge in [-0.3, -0.25) is 15.8 Å². The van der Waals surface area contributed by atoms with Crippen molar-refractivity contribution in [2.75, 3.05) is 7.11 Å². The molecule has 2 aromatic heterocycles. The first kappa shape index (κ1) is 15.2. The highest BCUT2D eigenvalue weighted by Crippen LogP contribution is 2.37. The Morgan fingerprint density at radius 3 is 2.43 bits per heavy atom. The fraction of sp³-hybridized carbons (Fsp3) is 0.231. The highest BCUT2D eigenvalue weighted by atomic mass is 19.4. The number of hydrazine groups is 1. The van der Waals surface area contributed by atoms with Gasteiger partial charge in [0.1, 0.15) is 5.75 Å². The van der Waals surface area contributed by atoms with Crippen LogP contribution in [-0.2, 0) is 6.18 Å². The molecule has 1 atom stereocenters. The number of nitrogens with two attached hydrogens (primary N) is 1. The normalized spacial score (nSPS) is 13.0. The number of ether oxygens (including phenoxy) is 1. The molecule has 2 heterocycles. The van der Waals surface area contributed by atoms with Crippen LogP contribution in [-0.4, -0.2) is 17.1 Å². The van der Waals surface area contributed by atoms with Gasteiger partial charge in [0, 0.05) is 29.7 Å². The van der Waals surface area contributed by atoms with Gasteiger partial charge in [0.2, 0.25) is 0 Å². The lowest BCUT2D eigenvalue weighted by Crippen LogP contribution is -2.31. The van der Waals surface area contributed by atoms with Gasteiger partial charge in [-0.05, 0) is 12.1 Å². The second-order valence-corrected chi connectivity index (χ2v) is 4.18. The molecule has 0 aliphatic carbocycles. The van der Waals surface area contributed by atoms with Crippen molar-refractivity contribution in [2.45, 2.75) is 12.2 Å². The minimum Gasteiger partial charge on any atom is -0.495 e. The molecular weight excluding hydrogens is 285 g/mol. The summed E-state index contributed by atoms with van der Waals surface area (Å²) in [6, 6.07) is 1.53. The third-order valence-corrected chi connectivity index (χ3v) is 2.98. The summed E-state index contributed by atoms with van der Waals surface area (Å²) < 4.78 is 44.4. The zero-order valence-corrected chi connectivity index (χ0v) is 11.1. The van der Waals surface area contributed by atoms with Gasteiger partial charge < -0.3 is 4.74 Å². The lowest BCUT2D eigenvalue weighted by Gasteiger charge is -2.22. The molecular formula is C13H13F3N4O. The molecule has 2 aromatic rings. The van der Waals surface area contributed by atoms with E-state index in [1.165, 1.54) is 25.6 Å². The molecule has 0 aromatic carbocycles. The molecule has 3 N–H and O–H groups in total. The van der Waals surface area contributed by atoms with E-state index in [-0.39, 0.29) is 5.56 Å². The standard InChI is InChI=1S/C13H13F3N4O/c1-21-11-7-19-4-2-8(11)12(20-17)9-6-18-5-3-10(9)13(14,15)16/h2-7,12,20H,17H2,1H3. The molecule has 0 spiro atoms. The predicted octanol–water partition coefficient (Wildman–Crippen LogP) is 2.06. The van der Waals surface area contributed by atoms with Gasteiger partial charge in [-0.2, -0.15) is 13.2 Å². The fourth-order valence-electron chi connectivity index (χ4n) is 2.04. The lowest BCUT2D eigenvalue weighted by molar-refractivity contribution is -0.138. The van der Waals surface area contributed by atoms with E-state index in [1.54, 1.807) is 0 Å².